The second-order valence-corrected chi connectivity index (χ2v) is 8.04. The summed E-state index contributed by atoms with van der Waals surface area (Å²) in [6, 6.07) is 5.10. The predicted octanol–water partition coefficient (Wildman–Crippen LogP) is 0.395. The lowest BCUT2D eigenvalue weighted by Gasteiger charge is -2.15. The molecular weight excluding hydrogens is 456 g/mol. The molecule has 0 aliphatic heterocycles. The van der Waals surface area contributed by atoms with Gasteiger partial charge in [-0.05, 0) is 44.5 Å². The number of nitrogens with zero attached hydrogens (tertiary/aromatic N) is 3. The molecule has 0 saturated heterocycles. The quantitative estimate of drug-likeness (QED) is 0.234. The third kappa shape index (κ3) is 6.96. The molecule has 2 aromatic heterocycles. The van der Waals surface area contributed by atoms with Crippen LogP contribution in [0, 0.1) is 0 Å². The Kier molecular flexibility index (Phi) is 7.92. The Labute approximate surface area is 199 Å². The zero-order chi connectivity index (χ0) is 25.5. The van der Waals surface area contributed by atoms with Crippen LogP contribution in [0.5, 0.6) is 0 Å². The molecule has 13 heteroatoms. The van der Waals surface area contributed by atoms with Crippen molar-refractivity contribution in [2.24, 2.45) is 0 Å². The van der Waals surface area contributed by atoms with E-state index in [0.717, 1.165) is 0 Å². The van der Waals surface area contributed by atoms with Gasteiger partial charge in [0.05, 0.1) is 18.4 Å². The maximum absolute atomic E-state index is 12.5. The first kappa shape index (κ1) is 25.1. The minimum atomic E-state index is -1.22. The lowest BCUT2D eigenvalue weighted by molar-refractivity contribution is -0.139. The molecule has 1 aromatic carbocycles. The number of carboxylic acids is 1. The number of aromatic nitrogens is 4. The lowest BCUT2D eigenvalue weighted by atomic mass is 10.1. The van der Waals surface area contributed by atoms with E-state index in [-0.39, 0.29) is 54.0 Å². The van der Waals surface area contributed by atoms with Crippen molar-refractivity contribution < 1.29 is 19.5 Å². The van der Waals surface area contributed by atoms with E-state index in [9.17, 15) is 24.3 Å². The number of anilines is 2. The van der Waals surface area contributed by atoms with Crippen LogP contribution in [0.1, 0.15) is 42.7 Å². The largest absolute Gasteiger partial charge is 0.480 e. The number of carbonyl (C=O) groups is 3. The summed E-state index contributed by atoms with van der Waals surface area (Å²) in [5, 5.41) is 17.6. The molecule has 3 aromatic rings. The van der Waals surface area contributed by atoms with Crippen LogP contribution in [0.3, 0.4) is 0 Å². The Hall–Kier alpha value is -4.55. The van der Waals surface area contributed by atoms with Crippen LogP contribution in [0.15, 0.2) is 35.3 Å². The normalized spacial score (nSPS) is 11.7. The highest BCUT2D eigenvalue weighted by atomic mass is 16.4. The number of rotatable bonds is 10. The highest BCUT2D eigenvalue weighted by Crippen LogP contribution is 2.12. The van der Waals surface area contributed by atoms with Crippen LogP contribution in [0.2, 0.25) is 0 Å². The van der Waals surface area contributed by atoms with Crippen molar-refractivity contribution in [1.29, 1.82) is 0 Å². The van der Waals surface area contributed by atoms with Crippen LogP contribution in [-0.4, -0.2) is 54.9 Å². The SMILES string of the molecule is CC(C)NC(=O)CCC(NC(=O)c1ccc(NCc2cnc3nc(N)[nH]c(=O)c3n2)cc1)C(=O)O. The number of nitrogens with one attached hydrogen (secondary N) is 4. The summed E-state index contributed by atoms with van der Waals surface area (Å²) in [6.45, 7) is 3.85. The van der Waals surface area contributed by atoms with Crippen LogP contribution in [0.4, 0.5) is 11.6 Å². The molecule has 2 heterocycles. The minimum absolute atomic E-state index is 0.0226. The third-order valence-corrected chi connectivity index (χ3v) is 4.82. The van der Waals surface area contributed by atoms with Gasteiger partial charge >= 0.3 is 5.97 Å². The fraction of sp³-hybridized carbons (Fsp3) is 0.318. The van der Waals surface area contributed by atoms with Gasteiger partial charge in [0.25, 0.3) is 11.5 Å². The third-order valence-electron chi connectivity index (χ3n) is 4.82. The van der Waals surface area contributed by atoms with Crippen LogP contribution >= 0.6 is 0 Å². The molecule has 0 bridgehead atoms. The Morgan fingerprint density at radius 3 is 2.49 bits per heavy atom. The van der Waals surface area contributed by atoms with E-state index in [0.29, 0.717) is 11.4 Å². The van der Waals surface area contributed by atoms with Gasteiger partial charge in [0.15, 0.2) is 11.2 Å². The molecule has 7 N–H and O–H groups in total. The first-order valence-electron chi connectivity index (χ1n) is 10.8. The van der Waals surface area contributed by atoms with Crippen LogP contribution in [-0.2, 0) is 16.1 Å². The topological polar surface area (TPSA) is 205 Å². The van der Waals surface area contributed by atoms with Crippen molar-refractivity contribution in [1.82, 2.24) is 30.6 Å². The van der Waals surface area contributed by atoms with Crippen LogP contribution < -0.4 is 27.2 Å². The highest BCUT2D eigenvalue weighted by Gasteiger charge is 2.22. The van der Waals surface area contributed by atoms with Gasteiger partial charge in [-0.25, -0.2) is 14.8 Å². The standard InChI is InChI=1S/C22H26N8O5/c1-11(2)26-16(31)8-7-15(21(34)35)28-19(32)12-3-5-13(6-4-12)24-9-14-10-25-18-17(27-14)20(33)30-22(23)29-18/h3-6,10-11,15,24H,7-9H2,1-2H3,(H,26,31)(H,28,32)(H,34,35)(H3,23,25,29,30,33). The molecule has 0 radical (unpaired) electrons. The van der Waals surface area contributed by atoms with Gasteiger partial charge in [-0.15, -0.1) is 0 Å². The van der Waals surface area contributed by atoms with E-state index in [1.165, 1.54) is 18.3 Å². The van der Waals surface area contributed by atoms with Gasteiger partial charge in [-0.3, -0.25) is 19.4 Å². The maximum Gasteiger partial charge on any atom is 0.326 e. The number of H-pyrrole nitrogens is 1. The number of nitrogens with two attached hydrogens (primary N) is 1. The number of carbonyl (C=O) groups excluding carboxylic acids is 2. The van der Waals surface area contributed by atoms with Gasteiger partial charge in [0, 0.05) is 23.7 Å². The zero-order valence-electron chi connectivity index (χ0n) is 19.2. The summed E-state index contributed by atoms with van der Waals surface area (Å²) in [5.74, 6) is -2.11. The predicted molar refractivity (Wildman–Crippen MR) is 128 cm³/mol. The van der Waals surface area contributed by atoms with Gasteiger partial charge in [-0.2, -0.15) is 4.98 Å². The minimum Gasteiger partial charge on any atom is -0.480 e. The Bertz CT molecular complexity index is 1290. The maximum atomic E-state index is 12.5. The summed E-state index contributed by atoms with van der Waals surface area (Å²) >= 11 is 0. The first-order valence-corrected chi connectivity index (χ1v) is 10.8. The van der Waals surface area contributed by atoms with Crippen molar-refractivity contribution in [2.45, 2.75) is 45.3 Å². The fourth-order valence-electron chi connectivity index (χ4n) is 3.16. The molecule has 0 aliphatic carbocycles. The molecule has 13 nitrogen and oxygen atoms in total. The number of aliphatic carboxylic acids is 1. The van der Waals surface area contributed by atoms with E-state index in [1.807, 2.05) is 0 Å². The van der Waals surface area contributed by atoms with Crippen molar-refractivity contribution in [3.63, 3.8) is 0 Å². The van der Waals surface area contributed by atoms with Gasteiger partial charge in [-0.1, -0.05) is 0 Å². The van der Waals surface area contributed by atoms with E-state index < -0.39 is 23.5 Å². The van der Waals surface area contributed by atoms with Gasteiger partial charge < -0.3 is 26.8 Å². The number of hydrogen-bond acceptors (Lipinski definition) is 9. The summed E-state index contributed by atoms with van der Waals surface area (Å²) in [7, 11) is 0. The number of hydrogen-bond donors (Lipinski definition) is 6. The molecule has 1 unspecified atom stereocenters. The van der Waals surface area contributed by atoms with Crippen LogP contribution in [0.25, 0.3) is 11.2 Å². The number of amides is 2. The molecule has 0 spiro atoms. The Morgan fingerprint density at radius 1 is 1.11 bits per heavy atom. The molecule has 35 heavy (non-hydrogen) atoms. The summed E-state index contributed by atoms with van der Waals surface area (Å²) in [6.07, 6.45) is 1.42. The Morgan fingerprint density at radius 2 is 1.83 bits per heavy atom. The average molecular weight is 483 g/mol. The summed E-state index contributed by atoms with van der Waals surface area (Å²) in [5.41, 5.74) is 6.63. The number of nitrogen functional groups attached to an aromatic ring is 1. The van der Waals surface area contributed by atoms with E-state index in [4.69, 9.17) is 5.73 Å². The highest BCUT2D eigenvalue weighted by molar-refractivity contribution is 5.97. The average Bonchev–Trinajstić information content (AvgIpc) is 2.80. The van der Waals surface area contributed by atoms with E-state index in [2.05, 4.69) is 35.9 Å². The second-order valence-electron chi connectivity index (χ2n) is 8.04. The zero-order valence-corrected chi connectivity index (χ0v) is 19.2. The van der Waals surface area contributed by atoms with E-state index >= 15 is 0 Å². The first-order chi connectivity index (χ1) is 16.6. The van der Waals surface area contributed by atoms with Crippen molar-refractivity contribution >= 4 is 40.6 Å². The van der Waals surface area contributed by atoms with Gasteiger partial charge in [0.1, 0.15) is 6.04 Å². The molecular formula is C22H26N8O5. The number of aromatic amines is 1. The summed E-state index contributed by atoms with van der Waals surface area (Å²) < 4.78 is 0. The molecule has 0 saturated carbocycles. The smallest absolute Gasteiger partial charge is 0.326 e. The monoisotopic (exact) mass is 482 g/mol. The van der Waals surface area contributed by atoms with Crippen molar-refractivity contribution in [3.8, 4) is 0 Å². The van der Waals surface area contributed by atoms with E-state index in [1.54, 1.807) is 26.0 Å². The molecule has 2 amide bonds. The molecule has 0 aliphatic rings. The Balaban J connectivity index is 1.58. The fourth-order valence-corrected chi connectivity index (χ4v) is 3.16. The van der Waals surface area contributed by atoms with Crippen molar-refractivity contribution in [3.05, 3.63) is 52.1 Å². The molecule has 1 atom stereocenters. The lowest BCUT2D eigenvalue weighted by Crippen LogP contribution is -2.42. The summed E-state index contributed by atoms with van der Waals surface area (Å²) in [4.78, 5) is 62.3. The number of fused-ring (bicyclic) bond motifs is 1. The number of benzene rings is 1. The second kappa shape index (κ2) is 11.0. The molecule has 3 rings (SSSR count). The van der Waals surface area contributed by atoms with Gasteiger partial charge in [0.2, 0.25) is 11.9 Å². The number of carboxylic acid groups (broad SMARTS) is 1. The molecule has 184 valence electrons. The van der Waals surface area contributed by atoms with Crippen molar-refractivity contribution in [2.75, 3.05) is 11.1 Å². The molecule has 0 fully saturated rings.